The number of hydrogen-bond donors (Lipinski definition) is 3. The van der Waals surface area contributed by atoms with Crippen LogP contribution < -0.4 is 11.1 Å². The summed E-state index contributed by atoms with van der Waals surface area (Å²) in [5, 5.41) is 24.0. The van der Waals surface area contributed by atoms with Crippen LogP contribution >= 0.6 is 0 Å². The Morgan fingerprint density at radius 2 is 1.77 bits per heavy atom. The van der Waals surface area contributed by atoms with Gasteiger partial charge in [0.25, 0.3) is 5.91 Å². The Kier molecular flexibility index (Phi) is 6.21. The average molecular weight is 415 g/mol. The molecule has 0 spiro atoms. The SMILES string of the molecule is Cc1c(C(=O)NCc2ccc(C(=N)N)cc2)cnn1Cc1ccc(C(C)(C)C#N)cc1. The molecule has 2 aromatic carbocycles. The molecule has 1 heterocycles. The van der Waals surface area contributed by atoms with Gasteiger partial charge >= 0.3 is 0 Å². The van der Waals surface area contributed by atoms with Crippen molar-refractivity contribution in [2.45, 2.75) is 39.3 Å². The van der Waals surface area contributed by atoms with Gasteiger partial charge in [-0.05, 0) is 37.5 Å². The summed E-state index contributed by atoms with van der Waals surface area (Å²) >= 11 is 0. The van der Waals surface area contributed by atoms with Crippen LogP contribution in [0.15, 0.2) is 54.7 Å². The minimum atomic E-state index is -0.530. The monoisotopic (exact) mass is 414 g/mol. The van der Waals surface area contributed by atoms with Crippen molar-refractivity contribution >= 4 is 11.7 Å². The smallest absolute Gasteiger partial charge is 0.255 e. The van der Waals surface area contributed by atoms with Crippen LogP contribution in [0.25, 0.3) is 0 Å². The number of nitrogens with two attached hydrogens (primary N) is 1. The standard InChI is InChI=1S/C24H26N6O/c1-16-21(23(31)28-12-17-4-8-19(9-5-17)22(26)27)13-29-30(16)14-18-6-10-20(11-7-18)24(2,3)15-25/h4-11,13H,12,14H2,1-3H3,(H3,26,27)(H,28,31). The van der Waals surface area contributed by atoms with Gasteiger partial charge < -0.3 is 11.1 Å². The summed E-state index contributed by atoms with van der Waals surface area (Å²) in [7, 11) is 0. The second kappa shape index (κ2) is 8.84. The normalized spacial score (nSPS) is 11.0. The van der Waals surface area contributed by atoms with Gasteiger partial charge in [0.2, 0.25) is 0 Å². The van der Waals surface area contributed by atoms with Crippen molar-refractivity contribution in [3.63, 3.8) is 0 Å². The third-order valence-corrected chi connectivity index (χ3v) is 5.35. The van der Waals surface area contributed by atoms with E-state index in [-0.39, 0.29) is 11.7 Å². The van der Waals surface area contributed by atoms with Crippen LogP contribution in [0.5, 0.6) is 0 Å². The summed E-state index contributed by atoms with van der Waals surface area (Å²) < 4.78 is 1.79. The fourth-order valence-corrected chi connectivity index (χ4v) is 3.17. The first kappa shape index (κ1) is 21.8. The molecule has 0 bridgehead atoms. The van der Waals surface area contributed by atoms with E-state index in [9.17, 15) is 10.1 Å². The highest BCUT2D eigenvalue weighted by Gasteiger charge is 2.19. The Morgan fingerprint density at radius 3 is 2.35 bits per heavy atom. The number of aromatic nitrogens is 2. The molecular weight excluding hydrogens is 388 g/mol. The molecule has 0 saturated carbocycles. The molecule has 0 radical (unpaired) electrons. The van der Waals surface area contributed by atoms with Gasteiger partial charge in [-0.1, -0.05) is 48.5 Å². The molecule has 4 N–H and O–H groups in total. The molecule has 158 valence electrons. The fourth-order valence-electron chi connectivity index (χ4n) is 3.17. The molecule has 3 aromatic rings. The number of carbonyl (C=O) groups is 1. The van der Waals surface area contributed by atoms with Gasteiger partial charge in [-0.15, -0.1) is 0 Å². The van der Waals surface area contributed by atoms with Crippen LogP contribution in [-0.2, 0) is 18.5 Å². The first-order valence-electron chi connectivity index (χ1n) is 9.96. The van der Waals surface area contributed by atoms with Crippen molar-refractivity contribution in [2.75, 3.05) is 0 Å². The summed E-state index contributed by atoms with van der Waals surface area (Å²) in [5.41, 5.74) is 9.82. The highest BCUT2D eigenvalue weighted by atomic mass is 16.1. The predicted octanol–water partition coefficient (Wildman–Crippen LogP) is 3.26. The van der Waals surface area contributed by atoms with E-state index in [1.54, 1.807) is 23.0 Å². The van der Waals surface area contributed by atoms with Gasteiger partial charge in [0, 0.05) is 17.8 Å². The molecule has 3 rings (SSSR count). The number of nitrogens with one attached hydrogen (secondary N) is 2. The summed E-state index contributed by atoms with van der Waals surface area (Å²) in [6.45, 7) is 6.57. The number of nitrogens with zero attached hydrogens (tertiary/aromatic N) is 3. The highest BCUT2D eigenvalue weighted by Crippen LogP contribution is 2.22. The number of amidine groups is 1. The molecule has 7 nitrogen and oxygen atoms in total. The van der Waals surface area contributed by atoms with Gasteiger partial charge in [-0.25, -0.2) is 0 Å². The van der Waals surface area contributed by atoms with Crippen LogP contribution in [0.3, 0.4) is 0 Å². The minimum Gasteiger partial charge on any atom is -0.384 e. The quantitative estimate of drug-likeness (QED) is 0.406. The Labute approximate surface area is 182 Å². The lowest BCUT2D eigenvalue weighted by atomic mass is 9.86. The van der Waals surface area contributed by atoms with E-state index in [4.69, 9.17) is 11.1 Å². The summed E-state index contributed by atoms with van der Waals surface area (Å²) in [5.74, 6) is -0.174. The number of nitrogen functional groups attached to an aromatic ring is 1. The summed E-state index contributed by atoms with van der Waals surface area (Å²) in [6.07, 6.45) is 1.58. The molecule has 0 aliphatic heterocycles. The largest absolute Gasteiger partial charge is 0.384 e. The Bertz CT molecular complexity index is 1130. The second-order valence-corrected chi connectivity index (χ2v) is 8.03. The van der Waals surface area contributed by atoms with E-state index in [1.807, 2.05) is 57.2 Å². The van der Waals surface area contributed by atoms with Crippen LogP contribution in [0, 0.1) is 23.7 Å². The molecule has 7 heteroatoms. The molecule has 1 aromatic heterocycles. The lowest BCUT2D eigenvalue weighted by Crippen LogP contribution is -2.23. The topological polar surface area (TPSA) is 121 Å². The zero-order valence-corrected chi connectivity index (χ0v) is 17.9. The fraction of sp³-hybridized carbons (Fsp3) is 0.250. The van der Waals surface area contributed by atoms with E-state index in [1.165, 1.54) is 0 Å². The van der Waals surface area contributed by atoms with Crippen LogP contribution in [0.1, 0.15) is 52.2 Å². The Balaban J connectivity index is 1.64. The number of rotatable bonds is 7. The van der Waals surface area contributed by atoms with Gasteiger partial charge in [0.1, 0.15) is 5.84 Å². The van der Waals surface area contributed by atoms with Crippen molar-refractivity contribution in [2.24, 2.45) is 5.73 Å². The van der Waals surface area contributed by atoms with Crippen molar-refractivity contribution in [3.05, 3.63) is 88.2 Å². The maximum absolute atomic E-state index is 12.6. The third kappa shape index (κ3) is 4.98. The summed E-state index contributed by atoms with van der Waals surface area (Å²) in [6, 6.07) is 17.4. The maximum Gasteiger partial charge on any atom is 0.255 e. The van der Waals surface area contributed by atoms with Crippen LogP contribution in [0.2, 0.25) is 0 Å². The number of amides is 1. The lowest BCUT2D eigenvalue weighted by molar-refractivity contribution is 0.0950. The van der Waals surface area contributed by atoms with Crippen molar-refractivity contribution < 1.29 is 4.79 Å². The first-order valence-corrected chi connectivity index (χ1v) is 9.96. The zero-order chi connectivity index (χ0) is 22.6. The molecule has 0 aliphatic carbocycles. The van der Waals surface area contributed by atoms with E-state index < -0.39 is 5.41 Å². The molecule has 1 amide bonds. The molecule has 0 fully saturated rings. The van der Waals surface area contributed by atoms with Crippen LogP contribution in [0.4, 0.5) is 0 Å². The van der Waals surface area contributed by atoms with Gasteiger partial charge in [-0.3, -0.25) is 14.9 Å². The van der Waals surface area contributed by atoms with Gasteiger partial charge in [0.15, 0.2) is 0 Å². The summed E-state index contributed by atoms with van der Waals surface area (Å²) in [4.78, 5) is 12.6. The molecule has 0 saturated heterocycles. The minimum absolute atomic E-state index is 0.0158. The predicted molar refractivity (Wildman–Crippen MR) is 120 cm³/mol. The molecule has 0 aliphatic rings. The van der Waals surface area contributed by atoms with Gasteiger partial charge in [0.05, 0.1) is 29.8 Å². The average Bonchev–Trinajstić information content (AvgIpc) is 3.13. The number of hydrogen-bond acceptors (Lipinski definition) is 4. The van der Waals surface area contributed by atoms with E-state index in [2.05, 4.69) is 16.5 Å². The molecule has 0 atom stereocenters. The second-order valence-electron chi connectivity index (χ2n) is 8.03. The van der Waals surface area contributed by atoms with Gasteiger partial charge in [-0.2, -0.15) is 10.4 Å². The molecule has 31 heavy (non-hydrogen) atoms. The Hall–Kier alpha value is -3.92. The van der Waals surface area contributed by atoms with Crippen molar-refractivity contribution in [1.82, 2.24) is 15.1 Å². The molecular formula is C24H26N6O. The molecule has 0 unspecified atom stereocenters. The van der Waals surface area contributed by atoms with Crippen molar-refractivity contribution in [3.8, 4) is 6.07 Å². The van der Waals surface area contributed by atoms with E-state index in [0.717, 1.165) is 22.4 Å². The number of carbonyl (C=O) groups excluding carboxylic acids is 1. The number of benzene rings is 2. The van der Waals surface area contributed by atoms with Crippen LogP contribution in [-0.4, -0.2) is 21.5 Å². The number of nitriles is 1. The van der Waals surface area contributed by atoms with Crippen molar-refractivity contribution in [1.29, 1.82) is 10.7 Å². The van der Waals surface area contributed by atoms with E-state index in [0.29, 0.717) is 24.2 Å². The highest BCUT2D eigenvalue weighted by molar-refractivity contribution is 5.95. The zero-order valence-electron chi connectivity index (χ0n) is 17.9. The Morgan fingerprint density at radius 1 is 1.16 bits per heavy atom. The first-order chi connectivity index (χ1) is 14.7. The lowest BCUT2D eigenvalue weighted by Gasteiger charge is -2.16. The maximum atomic E-state index is 12.6. The third-order valence-electron chi connectivity index (χ3n) is 5.35. The van der Waals surface area contributed by atoms with E-state index >= 15 is 0 Å².